The maximum Gasteiger partial charge on any atom is 0.413 e. The van der Waals surface area contributed by atoms with Crippen LogP contribution in [-0.2, 0) is 4.74 Å². The fourth-order valence-corrected chi connectivity index (χ4v) is 2.58. The van der Waals surface area contributed by atoms with Gasteiger partial charge in [-0.25, -0.2) is 9.80 Å². The van der Waals surface area contributed by atoms with Crippen LogP contribution in [-0.4, -0.2) is 28.5 Å². The van der Waals surface area contributed by atoms with Crippen LogP contribution in [0.2, 0.25) is 5.02 Å². The molecule has 0 radical (unpaired) electrons. The van der Waals surface area contributed by atoms with Gasteiger partial charge in [0.1, 0.15) is 5.17 Å². The number of rotatable bonds is 1. The maximum atomic E-state index is 11.2. The molecule has 1 aliphatic heterocycles. The first kappa shape index (κ1) is 15.0. The van der Waals surface area contributed by atoms with Gasteiger partial charge < -0.3 is 4.74 Å². The number of thiocarbonyl (C=S) groups is 1. The van der Waals surface area contributed by atoms with E-state index in [0.717, 1.165) is 5.56 Å². The quantitative estimate of drug-likeness (QED) is 0.802. The lowest BCUT2D eigenvalue weighted by molar-refractivity contribution is 0.175. The Kier molecular flexibility index (Phi) is 4.80. The predicted octanol–water partition coefficient (Wildman–Crippen LogP) is 3.28. The summed E-state index contributed by atoms with van der Waals surface area (Å²) in [6, 6.07) is 7.09. The predicted molar refractivity (Wildman–Crippen MR) is 82.1 cm³/mol. The van der Waals surface area contributed by atoms with Gasteiger partial charge >= 0.3 is 6.09 Å². The highest BCUT2D eigenvalue weighted by Gasteiger charge is 2.32. The Balaban J connectivity index is 2.24. The van der Waals surface area contributed by atoms with Gasteiger partial charge in [-0.2, -0.15) is 5.10 Å². The van der Waals surface area contributed by atoms with Crippen LogP contribution >= 0.6 is 35.4 Å². The normalized spacial score (nSPS) is 17.6. The molecule has 0 saturated carbocycles. The van der Waals surface area contributed by atoms with E-state index in [2.05, 4.69) is 15.2 Å². The summed E-state index contributed by atoms with van der Waals surface area (Å²) in [6.07, 6.45) is -0.194. The maximum absolute atomic E-state index is 11.2. The molecule has 2 rings (SSSR count). The monoisotopic (exact) mass is 331 g/mol. The molecule has 1 aliphatic rings. The van der Waals surface area contributed by atoms with Crippen LogP contribution in [0.5, 0.6) is 0 Å². The molecular weight excluding hydrogens is 321 g/mol. The van der Waals surface area contributed by atoms with E-state index >= 15 is 0 Å². The van der Waals surface area contributed by atoms with Crippen LogP contribution < -0.4 is 5.32 Å². The van der Waals surface area contributed by atoms with E-state index in [1.165, 1.54) is 12.1 Å². The Bertz CT molecular complexity index is 580. The number of ether oxygens (including phenoxy) is 1. The van der Waals surface area contributed by atoms with Gasteiger partial charge in [-0.1, -0.05) is 41.4 Å². The molecule has 1 atom stereocenters. The van der Waals surface area contributed by atoms with Crippen molar-refractivity contribution in [3.8, 4) is 0 Å². The number of methoxy groups -OCH3 is 1. The minimum absolute atomic E-state index is 0.109. The highest BCUT2D eigenvalue weighted by atomic mass is 35.5. The lowest BCUT2D eigenvalue weighted by atomic mass is 10.0. The van der Waals surface area contributed by atoms with E-state index in [1.807, 2.05) is 18.2 Å². The Morgan fingerprint density at radius 1 is 1.50 bits per heavy atom. The molecule has 8 heteroatoms. The van der Waals surface area contributed by atoms with Gasteiger partial charge in [-0.15, -0.1) is 0 Å². The summed E-state index contributed by atoms with van der Waals surface area (Å²) in [5.41, 5.74) is 0.836. The fourth-order valence-electron chi connectivity index (χ4n) is 1.84. The van der Waals surface area contributed by atoms with Gasteiger partial charge in [0.25, 0.3) is 0 Å². The average Bonchev–Trinajstić information content (AvgIpc) is 2.81. The number of halogens is 2. The number of hydrogen-bond acceptors (Lipinski definition) is 4. The summed E-state index contributed by atoms with van der Waals surface area (Å²) < 4.78 is 4.50. The third-order valence-electron chi connectivity index (χ3n) is 2.74. The summed E-state index contributed by atoms with van der Waals surface area (Å²) >= 11 is 17.3. The third kappa shape index (κ3) is 3.20. The zero-order valence-electron chi connectivity index (χ0n) is 10.5. The van der Waals surface area contributed by atoms with Crippen molar-refractivity contribution in [2.24, 2.45) is 5.10 Å². The summed E-state index contributed by atoms with van der Waals surface area (Å²) in [4.78, 5) is 11.2. The second-order valence-electron chi connectivity index (χ2n) is 3.98. The largest absolute Gasteiger partial charge is 0.453 e. The summed E-state index contributed by atoms with van der Waals surface area (Å²) in [5, 5.41) is 9.06. The van der Waals surface area contributed by atoms with E-state index in [-0.39, 0.29) is 11.2 Å². The molecule has 1 unspecified atom stereocenters. The first-order valence-electron chi connectivity index (χ1n) is 5.68. The first-order valence-corrected chi connectivity index (χ1v) is 6.85. The van der Waals surface area contributed by atoms with E-state index in [4.69, 9.17) is 35.4 Å². The van der Waals surface area contributed by atoms with Crippen LogP contribution in [0.3, 0.4) is 0 Å². The van der Waals surface area contributed by atoms with Crippen molar-refractivity contribution in [3.05, 3.63) is 34.9 Å². The topological polar surface area (TPSA) is 53.9 Å². The Labute approximate surface area is 131 Å². The van der Waals surface area contributed by atoms with Crippen LogP contribution in [0, 0.1) is 0 Å². The van der Waals surface area contributed by atoms with Crippen molar-refractivity contribution < 1.29 is 9.53 Å². The van der Waals surface area contributed by atoms with Crippen LogP contribution in [0.15, 0.2) is 29.4 Å². The number of alkyl carbamates (subject to hydrolysis) is 1. The molecule has 0 spiro atoms. The lowest BCUT2D eigenvalue weighted by Gasteiger charge is -2.24. The minimum atomic E-state index is -0.661. The molecule has 0 fully saturated rings. The molecule has 0 aromatic heterocycles. The van der Waals surface area contributed by atoms with Gasteiger partial charge in [-0.05, 0) is 23.8 Å². The second-order valence-corrected chi connectivity index (χ2v) is 5.21. The summed E-state index contributed by atoms with van der Waals surface area (Å²) in [6.45, 7) is 0. The standard InChI is InChI=1S/C12H11Cl2N3O2S/c1-19-12(18)15-11(20)17-9(6-10(14)16-17)7-4-2-3-5-8(7)13/h2-5,9H,6H2,1H3,(H,15,18,20). The van der Waals surface area contributed by atoms with Crippen LogP contribution in [0.1, 0.15) is 18.0 Å². The number of nitrogens with zero attached hydrogens (tertiary/aromatic N) is 2. The molecule has 106 valence electrons. The highest BCUT2D eigenvalue weighted by Crippen LogP contribution is 2.35. The average molecular weight is 332 g/mol. The molecular formula is C12H11Cl2N3O2S. The van der Waals surface area contributed by atoms with Crippen molar-refractivity contribution in [3.63, 3.8) is 0 Å². The van der Waals surface area contributed by atoms with Gasteiger partial charge in [0.15, 0.2) is 5.11 Å². The zero-order chi connectivity index (χ0) is 14.7. The third-order valence-corrected chi connectivity index (χ3v) is 3.60. The van der Waals surface area contributed by atoms with Crippen LogP contribution in [0.25, 0.3) is 0 Å². The van der Waals surface area contributed by atoms with Gasteiger partial charge in [0.2, 0.25) is 0 Å². The zero-order valence-corrected chi connectivity index (χ0v) is 12.8. The van der Waals surface area contributed by atoms with Crippen molar-refractivity contribution in [2.45, 2.75) is 12.5 Å². The number of carbonyl (C=O) groups excluding carboxylic acids is 1. The Morgan fingerprint density at radius 3 is 2.85 bits per heavy atom. The van der Waals surface area contributed by atoms with Gasteiger partial charge in [0.05, 0.1) is 13.2 Å². The SMILES string of the molecule is COC(=O)NC(=S)N1N=C(Cl)CC1c1ccccc1Cl. The van der Waals surface area contributed by atoms with E-state index in [1.54, 1.807) is 6.07 Å². The second kappa shape index (κ2) is 6.39. The van der Waals surface area contributed by atoms with Crippen molar-refractivity contribution >= 4 is 51.8 Å². The summed E-state index contributed by atoms with van der Waals surface area (Å²) in [5.74, 6) is 0. The fraction of sp³-hybridized carbons (Fsp3) is 0.250. The molecule has 1 heterocycles. The molecule has 0 aliphatic carbocycles. The molecule has 0 saturated heterocycles. The molecule has 5 nitrogen and oxygen atoms in total. The molecule has 1 amide bonds. The first-order chi connectivity index (χ1) is 9.52. The Hall–Kier alpha value is -1.37. The van der Waals surface area contributed by atoms with Crippen molar-refractivity contribution in [1.82, 2.24) is 10.3 Å². The van der Waals surface area contributed by atoms with Gasteiger partial charge in [-0.3, -0.25) is 5.32 Å². The minimum Gasteiger partial charge on any atom is -0.453 e. The molecule has 1 aromatic carbocycles. The van der Waals surface area contributed by atoms with E-state index < -0.39 is 6.09 Å². The molecule has 1 aromatic rings. The molecule has 1 N–H and O–H groups in total. The number of carbonyl (C=O) groups is 1. The number of hydrogen-bond donors (Lipinski definition) is 1. The van der Waals surface area contributed by atoms with E-state index in [0.29, 0.717) is 16.6 Å². The number of hydrazone groups is 1. The molecule has 0 bridgehead atoms. The lowest BCUT2D eigenvalue weighted by Crippen LogP contribution is -2.40. The smallest absolute Gasteiger partial charge is 0.413 e. The number of nitrogens with one attached hydrogen (secondary N) is 1. The molecule has 20 heavy (non-hydrogen) atoms. The highest BCUT2D eigenvalue weighted by molar-refractivity contribution is 7.80. The number of amides is 1. The number of benzene rings is 1. The Morgan fingerprint density at radius 2 is 2.20 bits per heavy atom. The van der Waals surface area contributed by atoms with Crippen molar-refractivity contribution in [2.75, 3.05) is 7.11 Å². The van der Waals surface area contributed by atoms with Gasteiger partial charge in [0, 0.05) is 11.4 Å². The van der Waals surface area contributed by atoms with E-state index in [9.17, 15) is 4.79 Å². The van der Waals surface area contributed by atoms with Crippen LogP contribution in [0.4, 0.5) is 4.79 Å². The van der Waals surface area contributed by atoms with Crippen molar-refractivity contribution in [1.29, 1.82) is 0 Å². The summed E-state index contributed by atoms with van der Waals surface area (Å²) in [7, 11) is 1.25.